The van der Waals surface area contributed by atoms with Crippen molar-refractivity contribution in [2.75, 3.05) is 7.11 Å². The van der Waals surface area contributed by atoms with E-state index in [0.717, 1.165) is 12.8 Å². The largest absolute Gasteiger partial charge is 0.388 e. The Bertz CT molecular complexity index is 879. The van der Waals surface area contributed by atoms with Crippen molar-refractivity contribution in [2.24, 2.45) is 34.0 Å². The highest BCUT2D eigenvalue weighted by atomic mass is 16.8. The molecule has 4 aliphatic carbocycles. The molecule has 31 heavy (non-hydrogen) atoms. The predicted molar refractivity (Wildman–Crippen MR) is 114 cm³/mol. The van der Waals surface area contributed by atoms with Gasteiger partial charge in [-0.25, -0.2) is 0 Å². The number of methoxy groups -OCH3 is 1. The number of hydrogen-bond acceptors (Lipinski definition) is 6. The first-order valence-corrected chi connectivity index (χ1v) is 11.6. The quantitative estimate of drug-likeness (QED) is 0.516. The lowest BCUT2D eigenvalue weighted by atomic mass is 9.38. The fourth-order valence-corrected chi connectivity index (χ4v) is 8.51. The molecule has 5 rings (SSSR count). The van der Waals surface area contributed by atoms with Crippen LogP contribution in [0.1, 0.15) is 53.9 Å². The van der Waals surface area contributed by atoms with Crippen LogP contribution in [-0.4, -0.2) is 53.0 Å². The smallest absolute Gasteiger partial charge is 0.213 e. The minimum absolute atomic E-state index is 0.0983. The van der Waals surface area contributed by atoms with Gasteiger partial charge in [0.1, 0.15) is 11.5 Å². The molecule has 0 unspecified atom stereocenters. The number of aliphatic hydroxyl groups excluding tert-OH is 2. The lowest BCUT2D eigenvalue weighted by Gasteiger charge is -2.72. The van der Waals surface area contributed by atoms with Gasteiger partial charge in [-0.2, -0.15) is 0 Å². The summed E-state index contributed by atoms with van der Waals surface area (Å²) in [5, 5.41) is 23.2. The Kier molecular flexibility index (Phi) is 4.28. The highest BCUT2D eigenvalue weighted by molar-refractivity contribution is 6.05. The molecule has 3 saturated carbocycles. The lowest BCUT2D eigenvalue weighted by molar-refractivity contribution is -0.492. The molecule has 2 N–H and O–H groups in total. The average molecular weight is 433 g/mol. The highest BCUT2D eigenvalue weighted by Crippen LogP contribution is 2.76. The Labute approximate surface area is 184 Å². The molecule has 2 bridgehead atoms. The summed E-state index contributed by atoms with van der Waals surface area (Å²) in [5.74, 6) is -3.37. The van der Waals surface area contributed by atoms with Gasteiger partial charge in [-0.05, 0) is 50.0 Å². The van der Waals surface area contributed by atoms with Crippen molar-refractivity contribution in [3.05, 3.63) is 24.3 Å². The van der Waals surface area contributed by atoms with Gasteiger partial charge in [-0.15, -0.1) is 0 Å². The first-order valence-electron chi connectivity index (χ1n) is 11.6. The molecule has 10 atom stereocenters. The Hall–Kier alpha value is -1.05. The van der Waals surface area contributed by atoms with Crippen molar-refractivity contribution < 1.29 is 29.2 Å². The zero-order chi connectivity index (χ0) is 22.8. The molecule has 6 nitrogen and oxygen atoms in total. The van der Waals surface area contributed by atoms with Crippen LogP contribution in [0.2, 0.25) is 0 Å². The monoisotopic (exact) mass is 432 g/mol. The van der Waals surface area contributed by atoms with Crippen molar-refractivity contribution >= 4 is 5.78 Å². The fraction of sp³-hybridized carbons (Fsp3) is 0.800. The second-order valence-electron chi connectivity index (χ2n) is 11.3. The lowest BCUT2D eigenvalue weighted by Crippen LogP contribution is -2.83. The highest BCUT2D eigenvalue weighted by Gasteiger charge is 2.85. The van der Waals surface area contributed by atoms with Crippen LogP contribution in [0, 0.1) is 34.0 Å². The van der Waals surface area contributed by atoms with Gasteiger partial charge in [0.2, 0.25) is 5.79 Å². The standard InChI is InChI=1S/C25H36O6/c1-8-22(5)16(26)11-12-23(6)15-10-9-14-13(2)18(27)24(15)20(14)30-21(3,4)31-25(24,29-7)19(28)17(22)23/h11-12,14-17,19-20,26,28H,2,8-10H2,1,3-7H3/t14-,15-,16-,17+,19-,20+,22+,23-,24-,25-/m0/s1. The third-order valence-corrected chi connectivity index (χ3v) is 9.84. The number of aliphatic hydroxyl groups is 2. The molecule has 6 heteroatoms. The van der Waals surface area contributed by atoms with Crippen molar-refractivity contribution in [3.63, 3.8) is 0 Å². The summed E-state index contributed by atoms with van der Waals surface area (Å²) < 4.78 is 19.1. The number of rotatable bonds is 2. The summed E-state index contributed by atoms with van der Waals surface area (Å²) in [6.45, 7) is 14.0. The first kappa shape index (κ1) is 21.8. The molecule has 0 aromatic rings. The van der Waals surface area contributed by atoms with Crippen LogP contribution in [-0.2, 0) is 19.0 Å². The van der Waals surface area contributed by atoms with E-state index in [-0.39, 0.29) is 23.5 Å². The zero-order valence-corrected chi connectivity index (χ0v) is 19.5. The Balaban J connectivity index is 1.85. The SMILES string of the molecule is C=C1C(=O)[C@@]23[C@@H]4OC(C)(C)O[C@@]2(OC)[C@@H](O)[C@H]2[C@@](C)(C=C[C@H](O)[C@@]2(C)CC)[C@@H]3CC[C@@H]14. The van der Waals surface area contributed by atoms with Crippen LogP contribution in [0.25, 0.3) is 0 Å². The van der Waals surface area contributed by atoms with Gasteiger partial charge in [0.25, 0.3) is 0 Å². The number of ether oxygens (including phenoxy) is 3. The van der Waals surface area contributed by atoms with Crippen LogP contribution >= 0.6 is 0 Å². The average Bonchev–Trinajstić information content (AvgIpc) is 2.83. The van der Waals surface area contributed by atoms with E-state index in [2.05, 4.69) is 13.5 Å². The summed E-state index contributed by atoms with van der Waals surface area (Å²) >= 11 is 0. The minimum atomic E-state index is -1.58. The second-order valence-corrected chi connectivity index (χ2v) is 11.3. The Morgan fingerprint density at radius 3 is 2.52 bits per heavy atom. The van der Waals surface area contributed by atoms with Crippen LogP contribution in [0.15, 0.2) is 24.3 Å². The molecule has 0 radical (unpaired) electrons. The van der Waals surface area contributed by atoms with E-state index < -0.39 is 46.1 Å². The topological polar surface area (TPSA) is 85.2 Å². The third kappa shape index (κ3) is 2.10. The fourth-order valence-electron chi connectivity index (χ4n) is 8.51. The number of ketones is 1. The van der Waals surface area contributed by atoms with E-state index in [9.17, 15) is 15.0 Å². The van der Waals surface area contributed by atoms with Gasteiger partial charge in [-0.3, -0.25) is 4.79 Å². The van der Waals surface area contributed by atoms with Crippen molar-refractivity contribution in [1.29, 1.82) is 0 Å². The minimum Gasteiger partial charge on any atom is -0.388 e. The van der Waals surface area contributed by atoms with Gasteiger partial charge in [-0.1, -0.05) is 39.5 Å². The Morgan fingerprint density at radius 1 is 1.23 bits per heavy atom. The molecule has 1 spiro atoms. The van der Waals surface area contributed by atoms with Crippen LogP contribution < -0.4 is 0 Å². The van der Waals surface area contributed by atoms with Gasteiger partial charge >= 0.3 is 0 Å². The Morgan fingerprint density at radius 2 is 1.90 bits per heavy atom. The maximum atomic E-state index is 14.1. The molecule has 1 saturated heterocycles. The van der Waals surface area contributed by atoms with Gasteiger partial charge in [0.05, 0.1) is 12.2 Å². The van der Waals surface area contributed by atoms with Gasteiger partial charge < -0.3 is 24.4 Å². The number of fused-ring (bicyclic) bond motifs is 2. The van der Waals surface area contributed by atoms with E-state index in [1.165, 1.54) is 7.11 Å². The molecule has 172 valence electrons. The molecule has 1 aliphatic heterocycles. The molecular weight excluding hydrogens is 396 g/mol. The normalized spacial score (nSPS) is 56.9. The van der Waals surface area contributed by atoms with Crippen LogP contribution in [0.3, 0.4) is 0 Å². The number of Topliss-reactive ketones (excluding diaryl/α,β-unsaturated/α-hetero) is 1. The molecule has 4 fully saturated rings. The first-order chi connectivity index (χ1) is 14.4. The maximum Gasteiger partial charge on any atom is 0.213 e. The van der Waals surface area contributed by atoms with Gasteiger partial charge in [0.15, 0.2) is 11.6 Å². The molecule has 5 aliphatic rings. The van der Waals surface area contributed by atoms with E-state index in [1.54, 1.807) is 0 Å². The number of hydrogen-bond donors (Lipinski definition) is 2. The molecule has 1 heterocycles. The number of allylic oxidation sites excluding steroid dienone is 1. The van der Waals surface area contributed by atoms with Crippen LogP contribution in [0.4, 0.5) is 0 Å². The van der Waals surface area contributed by atoms with E-state index in [1.807, 2.05) is 39.8 Å². The van der Waals surface area contributed by atoms with E-state index in [4.69, 9.17) is 14.2 Å². The van der Waals surface area contributed by atoms with Crippen LogP contribution in [0.5, 0.6) is 0 Å². The van der Waals surface area contributed by atoms with E-state index >= 15 is 0 Å². The summed E-state index contributed by atoms with van der Waals surface area (Å²) in [6, 6.07) is 0. The number of carbonyl (C=O) groups excluding carboxylic acids is 1. The zero-order valence-electron chi connectivity index (χ0n) is 19.5. The van der Waals surface area contributed by atoms with Crippen molar-refractivity contribution in [3.8, 4) is 0 Å². The molecule has 0 aromatic heterocycles. The number of carbonyl (C=O) groups is 1. The summed E-state index contributed by atoms with van der Waals surface area (Å²) in [5.41, 5.74) is -1.76. The molecule has 0 amide bonds. The summed E-state index contributed by atoms with van der Waals surface area (Å²) in [6.07, 6.45) is 3.84. The predicted octanol–water partition coefficient (Wildman–Crippen LogP) is 2.98. The van der Waals surface area contributed by atoms with Gasteiger partial charge in [0, 0.05) is 24.4 Å². The molecule has 0 aromatic carbocycles. The maximum absolute atomic E-state index is 14.1. The molecular formula is C25H36O6. The second kappa shape index (κ2) is 6.09. The summed E-state index contributed by atoms with van der Waals surface area (Å²) in [7, 11) is 1.52. The summed E-state index contributed by atoms with van der Waals surface area (Å²) in [4.78, 5) is 14.1. The van der Waals surface area contributed by atoms with Crippen molar-refractivity contribution in [1.82, 2.24) is 0 Å². The third-order valence-electron chi connectivity index (χ3n) is 9.84. The van der Waals surface area contributed by atoms with E-state index in [0.29, 0.717) is 12.0 Å². The van der Waals surface area contributed by atoms with Crippen molar-refractivity contribution in [2.45, 2.75) is 83.8 Å².